The molecule has 2 heterocycles. The zero-order valence-corrected chi connectivity index (χ0v) is 13.2. The number of aryl methyl sites for hydroxylation is 1. The third kappa shape index (κ3) is 2.98. The Bertz CT molecular complexity index is 816. The van der Waals surface area contributed by atoms with Crippen molar-refractivity contribution in [3.05, 3.63) is 47.8 Å². The van der Waals surface area contributed by atoms with Crippen LogP contribution in [0.25, 0.3) is 11.4 Å². The SMILES string of the molecule is COc1ccnc(Cn2nnc(-c3ccccc3C)n2)c1OC. The van der Waals surface area contributed by atoms with Crippen LogP contribution in [0.2, 0.25) is 0 Å². The first-order valence-corrected chi connectivity index (χ1v) is 7.12. The zero-order chi connectivity index (χ0) is 16.2. The Morgan fingerprint density at radius 3 is 2.65 bits per heavy atom. The van der Waals surface area contributed by atoms with Gasteiger partial charge in [0.15, 0.2) is 11.5 Å². The summed E-state index contributed by atoms with van der Waals surface area (Å²) in [4.78, 5) is 5.81. The number of benzene rings is 1. The fourth-order valence-electron chi connectivity index (χ4n) is 2.34. The Balaban J connectivity index is 1.90. The lowest BCUT2D eigenvalue weighted by Gasteiger charge is -2.10. The fourth-order valence-corrected chi connectivity index (χ4v) is 2.34. The lowest BCUT2D eigenvalue weighted by molar-refractivity contribution is 0.347. The molecular formula is C16H17N5O2. The number of methoxy groups -OCH3 is 2. The van der Waals surface area contributed by atoms with Gasteiger partial charge in [0.05, 0.1) is 14.2 Å². The topological polar surface area (TPSA) is 75.0 Å². The van der Waals surface area contributed by atoms with Crippen LogP contribution in [-0.4, -0.2) is 39.4 Å². The van der Waals surface area contributed by atoms with E-state index in [9.17, 15) is 0 Å². The highest BCUT2D eigenvalue weighted by Gasteiger charge is 2.14. The van der Waals surface area contributed by atoms with Gasteiger partial charge in [0.25, 0.3) is 0 Å². The number of tetrazole rings is 1. The van der Waals surface area contributed by atoms with Gasteiger partial charge in [-0.15, -0.1) is 10.2 Å². The largest absolute Gasteiger partial charge is 0.493 e. The summed E-state index contributed by atoms with van der Waals surface area (Å²) in [5.41, 5.74) is 2.74. The summed E-state index contributed by atoms with van der Waals surface area (Å²) in [6.07, 6.45) is 1.66. The Hall–Kier alpha value is -2.96. The minimum absolute atomic E-state index is 0.346. The molecule has 7 heteroatoms. The van der Waals surface area contributed by atoms with Crippen LogP contribution in [-0.2, 0) is 6.54 Å². The number of hydrogen-bond acceptors (Lipinski definition) is 6. The van der Waals surface area contributed by atoms with E-state index in [1.165, 1.54) is 4.80 Å². The molecule has 0 bridgehead atoms. The maximum atomic E-state index is 5.37. The monoisotopic (exact) mass is 311 g/mol. The van der Waals surface area contributed by atoms with Gasteiger partial charge in [0, 0.05) is 17.8 Å². The second-order valence-electron chi connectivity index (χ2n) is 4.95. The Morgan fingerprint density at radius 2 is 1.91 bits per heavy atom. The van der Waals surface area contributed by atoms with Gasteiger partial charge in [-0.05, 0) is 17.7 Å². The Labute approximate surface area is 133 Å². The third-order valence-corrected chi connectivity index (χ3v) is 3.50. The van der Waals surface area contributed by atoms with Crippen molar-refractivity contribution in [1.29, 1.82) is 0 Å². The molecule has 0 radical (unpaired) electrons. The van der Waals surface area contributed by atoms with Gasteiger partial charge in [-0.3, -0.25) is 4.98 Å². The van der Waals surface area contributed by atoms with Crippen LogP contribution >= 0.6 is 0 Å². The smallest absolute Gasteiger partial charge is 0.205 e. The first-order chi connectivity index (χ1) is 11.2. The molecule has 0 unspecified atom stereocenters. The first-order valence-electron chi connectivity index (χ1n) is 7.12. The standard InChI is InChI=1S/C16H17N5O2/c1-11-6-4-5-7-12(11)16-18-20-21(19-16)10-13-15(23-3)14(22-2)8-9-17-13/h4-9H,10H2,1-3H3. The molecule has 0 saturated carbocycles. The minimum Gasteiger partial charge on any atom is -0.493 e. The van der Waals surface area contributed by atoms with Crippen molar-refractivity contribution in [2.45, 2.75) is 13.5 Å². The van der Waals surface area contributed by atoms with Gasteiger partial charge in [-0.1, -0.05) is 24.3 Å². The summed E-state index contributed by atoms with van der Waals surface area (Å²) in [5.74, 6) is 1.78. The van der Waals surface area contributed by atoms with E-state index >= 15 is 0 Å². The minimum atomic E-state index is 0.346. The lowest BCUT2D eigenvalue weighted by Crippen LogP contribution is -2.08. The molecule has 0 N–H and O–H groups in total. The van der Waals surface area contributed by atoms with Crippen molar-refractivity contribution in [3.63, 3.8) is 0 Å². The van der Waals surface area contributed by atoms with E-state index in [-0.39, 0.29) is 0 Å². The van der Waals surface area contributed by atoms with Crippen LogP contribution in [0.15, 0.2) is 36.5 Å². The molecule has 0 fully saturated rings. The molecule has 0 saturated heterocycles. The highest BCUT2D eigenvalue weighted by atomic mass is 16.5. The number of ether oxygens (including phenoxy) is 2. The van der Waals surface area contributed by atoms with Gasteiger partial charge >= 0.3 is 0 Å². The molecule has 0 amide bonds. The summed E-state index contributed by atoms with van der Waals surface area (Å²) < 4.78 is 10.6. The summed E-state index contributed by atoms with van der Waals surface area (Å²) >= 11 is 0. The summed E-state index contributed by atoms with van der Waals surface area (Å²) in [5, 5.41) is 12.6. The van der Waals surface area contributed by atoms with Crippen LogP contribution in [0, 0.1) is 6.92 Å². The number of rotatable bonds is 5. The summed E-state index contributed by atoms with van der Waals surface area (Å²) in [6.45, 7) is 2.36. The predicted octanol–water partition coefficient (Wildman–Crippen LogP) is 2.11. The molecule has 3 aromatic rings. The van der Waals surface area contributed by atoms with Crippen LogP contribution in [0.3, 0.4) is 0 Å². The zero-order valence-electron chi connectivity index (χ0n) is 13.2. The second kappa shape index (κ2) is 6.43. The number of aromatic nitrogens is 5. The van der Waals surface area contributed by atoms with Crippen LogP contribution < -0.4 is 9.47 Å². The molecule has 118 valence electrons. The molecule has 1 aromatic carbocycles. The Morgan fingerprint density at radius 1 is 1.09 bits per heavy atom. The van der Waals surface area contributed by atoms with Crippen LogP contribution in [0.4, 0.5) is 0 Å². The van der Waals surface area contributed by atoms with Crippen molar-refractivity contribution in [1.82, 2.24) is 25.2 Å². The van der Waals surface area contributed by atoms with E-state index in [2.05, 4.69) is 20.4 Å². The molecule has 0 aliphatic rings. The van der Waals surface area contributed by atoms with Crippen molar-refractivity contribution >= 4 is 0 Å². The van der Waals surface area contributed by atoms with Crippen molar-refractivity contribution in [2.75, 3.05) is 14.2 Å². The van der Waals surface area contributed by atoms with Crippen molar-refractivity contribution in [2.24, 2.45) is 0 Å². The normalized spacial score (nSPS) is 10.6. The summed E-state index contributed by atoms with van der Waals surface area (Å²) in [6, 6.07) is 9.67. The molecule has 0 atom stereocenters. The van der Waals surface area contributed by atoms with E-state index in [0.717, 1.165) is 11.1 Å². The average molecular weight is 311 g/mol. The van der Waals surface area contributed by atoms with Crippen LogP contribution in [0.5, 0.6) is 11.5 Å². The number of pyridine rings is 1. The van der Waals surface area contributed by atoms with E-state index < -0.39 is 0 Å². The van der Waals surface area contributed by atoms with E-state index in [1.54, 1.807) is 26.5 Å². The average Bonchev–Trinajstić information content (AvgIpc) is 3.03. The van der Waals surface area contributed by atoms with Gasteiger partial charge in [0.1, 0.15) is 12.2 Å². The lowest BCUT2D eigenvalue weighted by atomic mass is 10.1. The van der Waals surface area contributed by atoms with E-state index in [4.69, 9.17) is 9.47 Å². The molecule has 3 rings (SSSR count). The van der Waals surface area contributed by atoms with Crippen LogP contribution in [0.1, 0.15) is 11.3 Å². The van der Waals surface area contributed by atoms with Gasteiger partial charge in [-0.2, -0.15) is 4.80 Å². The maximum Gasteiger partial charge on any atom is 0.205 e. The van der Waals surface area contributed by atoms with E-state index in [0.29, 0.717) is 29.6 Å². The number of hydrogen-bond donors (Lipinski definition) is 0. The first kappa shape index (κ1) is 15.0. The molecule has 0 spiro atoms. The molecule has 23 heavy (non-hydrogen) atoms. The van der Waals surface area contributed by atoms with Gasteiger partial charge < -0.3 is 9.47 Å². The molecule has 7 nitrogen and oxygen atoms in total. The van der Waals surface area contributed by atoms with Gasteiger partial charge in [-0.25, -0.2) is 0 Å². The summed E-state index contributed by atoms with van der Waals surface area (Å²) in [7, 11) is 3.17. The van der Waals surface area contributed by atoms with Crippen molar-refractivity contribution < 1.29 is 9.47 Å². The molecular weight excluding hydrogens is 294 g/mol. The number of nitrogens with zero attached hydrogens (tertiary/aromatic N) is 5. The predicted molar refractivity (Wildman–Crippen MR) is 84.4 cm³/mol. The highest BCUT2D eigenvalue weighted by Crippen LogP contribution is 2.29. The highest BCUT2D eigenvalue weighted by molar-refractivity contribution is 5.58. The fraction of sp³-hybridized carbons (Fsp3) is 0.250. The quantitative estimate of drug-likeness (QED) is 0.718. The molecule has 2 aromatic heterocycles. The van der Waals surface area contributed by atoms with Gasteiger partial charge in [0.2, 0.25) is 5.82 Å². The molecule has 0 aliphatic heterocycles. The molecule has 0 aliphatic carbocycles. The van der Waals surface area contributed by atoms with Crippen molar-refractivity contribution in [3.8, 4) is 22.9 Å². The van der Waals surface area contributed by atoms with E-state index in [1.807, 2.05) is 31.2 Å². The maximum absolute atomic E-state index is 5.37. The third-order valence-electron chi connectivity index (χ3n) is 3.50. The second-order valence-corrected chi connectivity index (χ2v) is 4.95. The Kier molecular flexibility index (Phi) is 4.18.